The van der Waals surface area contributed by atoms with Gasteiger partial charge in [0.1, 0.15) is 17.7 Å². The molecule has 2 aliphatic carbocycles. The molecule has 2 aromatic rings. The zero-order valence-electron chi connectivity index (χ0n) is 25.7. The van der Waals surface area contributed by atoms with Gasteiger partial charge in [-0.15, -0.1) is 0 Å². The molecule has 11 heteroatoms. The largest absolute Gasteiger partial charge is 0.490 e. The lowest BCUT2D eigenvalue weighted by Crippen LogP contribution is -2.45. The van der Waals surface area contributed by atoms with Crippen LogP contribution in [0.15, 0.2) is 36.4 Å². The van der Waals surface area contributed by atoms with E-state index in [1.165, 1.54) is 26.2 Å². The van der Waals surface area contributed by atoms with Crippen LogP contribution in [0.4, 0.5) is 4.39 Å². The molecule has 3 fully saturated rings. The molecule has 0 unspecified atom stereocenters. The van der Waals surface area contributed by atoms with Gasteiger partial charge in [0.15, 0.2) is 0 Å². The van der Waals surface area contributed by atoms with E-state index in [9.17, 15) is 18.0 Å². The molecule has 2 saturated carbocycles. The van der Waals surface area contributed by atoms with Gasteiger partial charge in [0, 0.05) is 38.7 Å². The number of nitrogens with one attached hydrogen (secondary N) is 2. The van der Waals surface area contributed by atoms with E-state index >= 15 is 4.39 Å². The van der Waals surface area contributed by atoms with Crippen molar-refractivity contribution in [1.29, 1.82) is 0 Å². The quantitative estimate of drug-likeness (QED) is 0.433. The van der Waals surface area contributed by atoms with E-state index in [-0.39, 0.29) is 46.8 Å². The van der Waals surface area contributed by atoms with Gasteiger partial charge in [-0.1, -0.05) is 38.5 Å². The number of halogens is 1. The van der Waals surface area contributed by atoms with Crippen molar-refractivity contribution in [3.63, 3.8) is 0 Å². The Bertz CT molecular complexity index is 1490. The molecule has 1 heterocycles. The summed E-state index contributed by atoms with van der Waals surface area (Å²) in [6, 6.07) is 9.51. The summed E-state index contributed by atoms with van der Waals surface area (Å²) in [5, 5.41) is 3.22. The maximum absolute atomic E-state index is 15.3. The van der Waals surface area contributed by atoms with E-state index in [2.05, 4.69) is 28.8 Å². The highest BCUT2D eigenvalue weighted by Crippen LogP contribution is 2.46. The van der Waals surface area contributed by atoms with Gasteiger partial charge in [-0.2, -0.15) is 12.7 Å². The highest BCUT2D eigenvalue weighted by Gasteiger charge is 2.40. The van der Waals surface area contributed by atoms with E-state index in [0.29, 0.717) is 35.3 Å². The van der Waals surface area contributed by atoms with E-state index in [1.54, 1.807) is 24.3 Å². The maximum Gasteiger partial charge on any atom is 0.303 e. The first-order valence-corrected chi connectivity index (χ1v) is 16.5. The Morgan fingerprint density at radius 3 is 2.42 bits per heavy atom. The van der Waals surface area contributed by atoms with Crippen LogP contribution >= 0.6 is 0 Å². The van der Waals surface area contributed by atoms with Crippen LogP contribution in [-0.4, -0.2) is 75.3 Å². The van der Waals surface area contributed by atoms with Crippen molar-refractivity contribution in [2.75, 3.05) is 27.7 Å². The first-order chi connectivity index (χ1) is 20.3. The fourth-order valence-corrected chi connectivity index (χ4v) is 7.23. The SMILES string of the molecule is CN1CC(C)(C)C[C@H]1C(=O)N[C@@H]1CC[C@@H](Oc2cccc(C(=O)NS(=O)(=O)N(C)C)c2-c2cccc(F)c2C2CCC2)C1. The normalized spacial score (nSPS) is 24.1. The Morgan fingerprint density at radius 2 is 1.79 bits per heavy atom. The Labute approximate surface area is 254 Å². The number of hydrogen-bond donors (Lipinski definition) is 2. The standard InChI is InChI=1S/C32H43FN4O5S/c1-32(2)18-26(37(5)19-32)31(39)34-21-15-16-22(17-21)42-27-14-8-12-24(30(38)35-43(40,41)36(3)4)29(27)23-11-7-13-25(33)28(23)20-9-6-10-20/h7-8,11-14,20-22,26H,6,9-10,15-19H2,1-5H3,(H,34,39)(H,35,38)/t21-,22-,26+/m1/s1. The lowest BCUT2D eigenvalue weighted by atomic mass is 9.76. The molecule has 0 aromatic heterocycles. The molecule has 9 nitrogen and oxygen atoms in total. The van der Waals surface area contributed by atoms with Crippen molar-refractivity contribution < 1.29 is 27.1 Å². The molecule has 2 aromatic carbocycles. The highest BCUT2D eigenvalue weighted by atomic mass is 32.2. The van der Waals surface area contributed by atoms with Gasteiger partial charge in [0.25, 0.3) is 5.91 Å². The van der Waals surface area contributed by atoms with Crippen molar-refractivity contribution in [3.8, 4) is 16.9 Å². The molecule has 3 atom stereocenters. The van der Waals surface area contributed by atoms with E-state index in [4.69, 9.17) is 4.74 Å². The fraction of sp³-hybridized carbons (Fsp3) is 0.562. The number of carbonyl (C=O) groups excluding carboxylic acids is 2. The highest BCUT2D eigenvalue weighted by molar-refractivity contribution is 7.87. The smallest absolute Gasteiger partial charge is 0.303 e. The van der Waals surface area contributed by atoms with Gasteiger partial charge in [-0.25, -0.2) is 9.11 Å². The number of benzene rings is 2. The average Bonchev–Trinajstić information content (AvgIpc) is 3.45. The Kier molecular flexibility index (Phi) is 8.89. The monoisotopic (exact) mass is 614 g/mol. The van der Waals surface area contributed by atoms with Crippen LogP contribution in [0.5, 0.6) is 5.75 Å². The molecule has 1 saturated heterocycles. The number of nitrogens with zero attached hydrogens (tertiary/aromatic N) is 2. The fourth-order valence-electron chi connectivity index (χ4n) is 6.70. The Hall–Kier alpha value is -3.02. The van der Waals surface area contributed by atoms with Crippen molar-refractivity contribution in [2.24, 2.45) is 5.41 Å². The number of hydrogen-bond acceptors (Lipinski definition) is 6. The van der Waals surface area contributed by atoms with Crippen LogP contribution in [0, 0.1) is 11.2 Å². The zero-order chi connectivity index (χ0) is 31.1. The van der Waals surface area contributed by atoms with Crippen LogP contribution in [0.25, 0.3) is 11.1 Å². The minimum atomic E-state index is -4.07. The van der Waals surface area contributed by atoms with Crippen molar-refractivity contribution >= 4 is 22.0 Å². The molecule has 1 aliphatic heterocycles. The second kappa shape index (κ2) is 12.2. The van der Waals surface area contributed by atoms with Crippen molar-refractivity contribution in [3.05, 3.63) is 53.3 Å². The molecule has 3 aliphatic rings. The van der Waals surface area contributed by atoms with Crippen LogP contribution in [0.3, 0.4) is 0 Å². The second-order valence-corrected chi connectivity index (χ2v) is 15.2. The number of rotatable bonds is 9. The molecule has 43 heavy (non-hydrogen) atoms. The Morgan fingerprint density at radius 1 is 1.07 bits per heavy atom. The molecule has 0 bridgehead atoms. The summed E-state index contributed by atoms with van der Waals surface area (Å²) in [6.45, 7) is 5.22. The second-order valence-electron chi connectivity index (χ2n) is 13.3. The topological polar surface area (TPSA) is 108 Å². The van der Waals surface area contributed by atoms with Crippen LogP contribution in [-0.2, 0) is 15.0 Å². The molecular formula is C32H43FN4O5S. The summed E-state index contributed by atoms with van der Waals surface area (Å²) in [4.78, 5) is 28.7. The van der Waals surface area contributed by atoms with Gasteiger partial charge >= 0.3 is 10.2 Å². The first kappa shape index (κ1) is 31.4. The summed E-state index contributed by atoms with van der Waals surface area (Å²) >= 11 is 0. The average molecular weight is 615 g/mol. The van der Waals surface area contributed by atoms with Crippen LogP contribution < -0.4 is 14.8 Å². The number of likely N-dealkylation sites (tertiary alicyclic amines) is 1. The lowest BCUT2D eigenvalue weighted by molar-refractivity contribution is -0.125. The third-order valence-corrected chi connectivity index (χ3v) is 10.5. The van der Waals surface area contributed by atoms with Gasteiger partial charge < -0.3 is 10.1 Å². The predicted molar refractivity (Wildman–Crippen MR) is 164 cm³/mol. The molecule has 234 valence electrons. The summed E-state index contributed by atoms with van der Waals surface area (Å²) in [7, 11) is 0.578. The summed E-state index contributed by atoms with van der Waals surface area (Å²) in [5.74, 6) is -0.748. The minimum Gasteiger partial charge on any atom is -0.490 e. The number of likely N-dealkylation sites (N-methyl/N-ethyl adjacent to an activating group) is 1. The van der Waals surface area contributed by atoms with Crippen LogP contribution in [0.2, 0.25) is 0 Å². The predicted octanol–water partition coefficient (Wildman–Crippen LogP) is 4.44. The molecule has 5 rings (SSSR count). The number of ether oxygens (including phenoxy) is 1. The van der Waals surface area contributed by atoms with E-state index in [1.807, 2.05) is 7.05 Å². The minimum absolute atomic E-state index is 0.00967. The lowest BCUT2D eigenvalue weighted by Gasteiger charge is -2.29. The number of amides is 2. The van der Waals surface area contributed by atoms with E-state index < -0.39 is 16.1 Å². The van der Waals surface area contributed by atoms with Gasteiger partial charge in [0.2, 0.25) is 5.91 Å². The van der Waals surface area contributed by atoms with E-state index in [0.717, 1.165) is 43.0 Å². The first-order valence-electron chi connectivity index (χ1n) is 15.1. The maximum atomic E-state index is 15.3. The molecule has 2 N–H and O–H groups in total. The Balaban J connectivity index is 1.43. The summed E-state index contributed by atoms with van der Waals surface area (Å²) < 4.78 is 50.0. The molecule has 0 spiro atoms. The molecule has 2 amide bonds. The van der Waals surface area contributed by atoms with Crippen molar-refractivity contribution in [1.82, 2.24) is 19.2 Å². The van der Waals surface area contributed by atoms with Crippen LogP contribution in [0.1, 0.15) is 80.6 Å². The van der Waals surface area contributed by atoms with Gasteiger partial charge in [0.05, 0.1) is 11.6 Å². The molecular weight excluding hydrogens is 571 g/mol. The third-order valence-electron chi connectivity index (χ3n) is 9.09. The van der Waals surface area contributed by atoms with Gasteiger partial charge in [-0.05, 0) is 79.8 Å². The van der Waals surface area contributed by atoms with Crippen molar-refractivity contribution in [2.45, 2.75) is 82.9 Å². The van der Waals surface area contributed by atoms with Gasteiger partial charge in [-0.3, -0.25) is 14.5 Å². The zero-order valence-corrected chi connectivity index (χ0v) is 26.5. The summed E-state index contributed by atoms with van der Waals surface area (Å²) in [5.41, 5.74) is 1.60. The number of carbonyl (C=O) groups is 2. The summed E-state index contributed by atoms with van der Waals surface area (Å²) in [6.07, 6.45) is 5.27. The molecule has 0 radical (unpaired) electrons. The third kappa shape index (κ3) is 6.73.